The van der Waals surface area contributed by atoms with Crippen LogP contribution in [-0.4, -0.2) is 40.1 Å². The number of halogens is 3. The third kappa shape index (κ3) is 3.34. The van der Waals surface area contributed by atoms with Crippen molar-refractivity contribution in [3.05, 3.63) is 24.3 Å². The topological polar surface area (TPSA) is 58.6 Å². The lowest BCUT2D eigenvalue weighted by atomic mass is 10.2. The number of nitrogens with zero attached hydrogens (tertiary/aromatic N) is 1. The fraction of sp³-hybridized carbons (Fsp3) is 0.455. The molecule has 9 heteroatoms. The van der Waals surface area contributed by atoms with Crippen LogP contribution in [0.1, 0.15) is 0 Å². The highest BCUT2D eigenvalue weighted by Crippen LogP contribution is 2.28. The molecule has 1 N–H and O–H groups in total. The molecule has 1 aromatic carbocycles. The van der Waals surface area contributed by atoms with Crippen LogP contribution in [0.5, 0.6) is 5.75 Å². The number of benzene rings is 1. The van der Waals surface area contributed by atoms with E-state index in [0.29, 0.717) is 0 Å². The maximum Gasteiger partial charge on any atom is 0.534 e. The minimum Gasteiger partial charge on any atom is -0.376 e. The van der Waals surface area contributed by atoms with E-state index in [-0.39, 0.29) is 5.75 Å². The van der Waals surface area contributed by atoms with Crippen molar-refractivity contribution in [1.82, 2.24) is 5.32 Å². The van der Waals surface area contributed by atoms with Gasteiger partial charge in [0.2, 0.25) is 0 Å². The van der Waals surface area contributed by atoms with Crippen molar-refractivity contribution in [2.75, 3.05) is 31.1 Å². The molecule has 1 aliphatic heterocycles. The molecule has 1 aromatic rings. The first-order valence-corrected chi connectivity index (χ1v) is 7.27. The van der Waals surface area contributed by atoms with E-state index in [0.717, 1.165) is 31.9 Å². The Kier molecular flexibility index (Phi) is 4.09. The number of alkyl halides is 3. The van der Waals surface area contributed by atoms with Crippen molar-refractivity contribution >= 4 is 15.8 Å². The van der Waals surface area contributed by atoms with E-state index in [4.69, 9.17) is 0 Å². The van der Waals surface area contributed by atoms with Crippen molar-refractivity contribution in [1.29, 1.82) is 0 Å². The molecule has 0 unspecified atom stereocenters. The first-order chi connectivity index (χ1) is 9.29. The second kappa shape index (κ2) is 5.49. The molecule has 0 saturated carbocycles. The minimum atomic E-state index is -5.61. The molecule has 1 aliphatic rings. The van der Waals surface area contributed by atoms with Gasteiger partial charge in [0.1, 0.15) is 5.75 Å². The number of hydrogen-bond acceptors (Lipinski definition) is 5. The zero-order valence-electron chi connectivity index (χ0n) is 10.4. The van der Waals surface area contributed by atoms with E-state index in [1.165, 1.54) is 24.3 Å². The van der Waals surface area contributed by atoms with Crippen LogP contribution in [0.25, 0.3) is 0 Å². The molecular weight excluding hydrogens is 297 g/mol. The van der Waals surface area contributed by atoms with Gasteiger partial charge in [-0.25, -0.2) is 0 Å². The second-order valence-electron chi connectivity index (χ2n) is 4.21. The summed E-state index contributed by atoms with van der Waals surface area (Å²) in [6, 6.07) is 5.49. The second-order valence-corrected chi connectivity index (χ2v) is 5.75. The first kappa shape index (κ1) is 14.9. The van der Waals surface area contributed by atoms with Crippen molar-refractivity contribution in [2.24, 2.45) is 0 Å². The van der Waals surface area contributed by atoms with Crippen LogP contribution in [0.2, 0.25) is 0 Å². The molecule has 1 fully saturated rings. The molecule has 0 amide bonds. The average Bonchev–Trinajstić information content (AvgIpc) is 2.39. The van der Waals surface area contributed by atoms with Crippen LogP contribution < -0.4 is 14.4 Å². The number of piperazine rings is 1. The Labute approximate surface area is 114 Å². The summed E-state index contributed by atoms with van der Waals surface area (Å²) < 4.78 is 62.2. The SMILES string of the molecule is O=S(=O)(Oc1ccc(N2CCNCC2)cc1)C(F)(F)F. The van der Waals surface area contributed by atoms with Crippen molar-refractivity contribution in [3.8, 4) is 5.75 Å². The predicted octanol–water partition coefficient (Wildman–Crippen LogP) is 1.32. The number of rotatable bonds is 3. The summed E-state index contributed by atoms with van der Waals surface area (Å²) in [5.41, 5.74) is -4.62. The molecule has 1 heterocycles. The van der Waals surface area contributed by atoms with Crippen LogP contribution in [0.4, 0.5) is 18.9 Å². The summed E-state index contributed by atoms with van der Waals surface area (Å²) in [6.07, 6.45) is 0. The smallest absolute Gasteiger partial charge is 0.376 e. The third-order valence-corrected chi connectivity index (χ3v) is 3.79. The van der Waals surface area contributed by atoms with Crippen LogP contribution >= 0.6 is 0 Å². The van der Waals surface area contributed by atoms with Crippen molar-refractivity contribution in [3.63, 3.8) is 0 Å². The Hall–Kier alpha value is -1.48. The maximum absolute atomic E-state index is 12.2. The molecule has 0 aliphatic carbocycles. The van der Waals surface area contributed by atoms with Gasteiger partial charge in [-0.3, -0.25) is 0 Å². The van der Waals surface area contributed by atoms with Crippen LogP contribution in [0.3, 0.4) is 0 Å². The highest BCUT2D eigenvalue weighted by atomic mass is 32.2. The van der Waals surface area contributed by atoms with Crippen LogP contribution in [0, 0.1) is 0 Å². The Bertz CT molecular complexity index is 551. The van der Waals surface area contributed by atoms with Gasteiger partial charge in [0.05, 0.1) is 0 Å². The zero-order chi connectivity index (χ0) is 14.8. The quantitative estimate of drug-likeness (QED) is 0.674. The first-order valence-electron chi connectivity index (χ1n) is 5.86. The third-order valence-electron chi connectivity index (χ3n) is 2.81. The van der Waals surface area contributed by atoms with E-state index in [9.17, 15) is 21.6 Å². The van der Waals surface area contributed by atoms with Gasteiger partial charge in [0, 0.05) is 31.9 Å². The molecule has 0 spiro atoms. The van der Waals surface area contributed by atoms with Gasteiger partial charge >= 0.3 is 15.6 Å². The van der Waals surface area contributed by atoms with Crippen LogP contribution in [-0.2, 0) is 10.1 Å². The Morgan fingerprint density at radius 2 is 1.65 bits per heavy atom. The maximum atomic E-state index is 12.2. The van der Waals surface area contributed by atoms with Crippen LogP contribution in [0.15, 0.2) is 24.3 Å². The fourth-order valence-corrected chi connectivity index (χ4v) is 2.27. The normalized spacial score (nSPS) is 17.1. The Balaban J connectivity index is 2.09. The zero-order valence-corrected chi connectivity index (χ0v) is 11.2. The number of nitrogens with one attached hydrogen (secondary N) is 1. The van der Waals surface area contributed by atoms with Gasteiger partial charge in [-0.1, -0.05) is 0 Å². The van der Waals surface area contributed by atoms with Gasteiger partial charge < -0.3 is 14.4 Å². The standard InChI is InChI=1S/C11H13F3N2O3S/c12-11(13,14)20(17,18)19-10-3-1-9(2-4-10)16-7-5-15-6-8-16/h1-4,15H,5-8H2. The van der Waals surface area contributed by atoms with Crippen molar-refractivity contribution < 1.29 is 25.8 Å². The Morgan fingerprint density at radius 1 is 1.10 bits per heavy atom. The predicted molar refractivity (Wildman–Crippen MR) is 67.1 cm³/mol. The highest BCUT2D eigenvalue weighted by molar-refractivity contribution is 7.87. The van der Waals surface area contributed by atoms with Gasteiger partial charge in [-0.2, -0.15) is 21.6 Å². The monoisotopic (exact) mass is 310 g/mol. The lowest BCUT2D eigenvalue weighted by molar-refractivity contribution is -0.0500. The van der Waals surface area contributed by atoms with Gasteiger partial charge in [0.15, 0.2) is 0 Å². The summed E-state index contributed by atoms with van der Waals surface area (Å²) in [6.45, 7) is 3.20. The van der Waals surface area contributed by atoms with E-state index in [1.807, 2.05) is 4.90 Å². The molecule has 5 nitrogen and oxygen atoms in total. The molecule has 2 rings (SSSR count). The highest BCUT2D eigenvalue weighted by Gasteiger charge is 2.48. The molecule has 0 aromatic heterocycles. The van der Waals surface area contributed by atoms with E-state index in [1.54, 1.807) is 0 Å². The molecule has 112 valence electrons. The number of hydrogen-bond donors (Lipinski definition) is 1. The molecular formula is C11H13F3N2O3S. The number of anilines is 1. The average molecular weight is 310 g/mol. The van der Waals surface area contributed by atoms with E-state index < -0.39 is 15.6 Å². The van der Waals surface area contributed by atoms with Gasteiger partial charge in [-0.15, -0.1) is 0 Å². The summed E-state index contributed by atoms with van der Waals surface area (Å²) in [4.78, 5) is 2.04. The lowest BCUT2D eigenvalue weighted by Gasteiger charge is -2.29. The van der Waals surface area contributed by atoms with Gasteiger partial charge in [0.25, 0.3) is 0 Å². The molecule has 1 saturated heterocycles. The largest absolute Gasteiger partial charge is 0.534 e. The summed E-state index contributed by atoms with van der Waals surface area (Å²) in [5, 5.41) is 3.17. The summed E-state index contributed by atoms with van der Waals surface area (Å²) in [7, 11) is -5.61. The van der Waals surface area contributed by atoms with Crippen molar-refractivity contribution in [2.45, 2.75) is 5.51 Å². The molecule has 0 bridgehead atoms. The van der Waals surface area contributed by atoms with Gasteiger partial charge in [-0.05, 0) is 24.3 Å². The Morgan fingerprint density at radius 3 is 2.15 bits per heavy atom. The minimum absolute atomic E-state index is 0.360. The lowest BCUT2D eigenvalue weighted by Crippen LogP contribution is -2.43. The summed E-state index contributed by atoms with van der Waals surface area (Å²) in [5.74, 6) is -0.360. The summed E-state index contributed by atoms with van der Waals surface area (Å²) >= 11 is 0. The fourth-order valence-electron chi connectivity index (χ4n) is 1.81. The van der Waals surface area contributed by atoms with E-state index >= 15 is 0 Å². The molecule has 0 radical (unpaired) electrons. The molecule has 20 heavy (non-hydrogen) atoms. The van der Waals surface area contributed by atoms with E-state index in [2.05, 4.69) is 9.50 Å². The molecule has 0 atom stereocenters.